The average Bonchev–Trinajstić information content (AvgIpc) is 2.46. The fourth-order valence-corrected chi connectivity index (χ4v) is 2.41. The molecule has 0 aliphatic carbocycles. The lowest BCUT2D eigenvalue weighted by atomic mass is 10.0. The van der Waals surface area contributed by atoms with Crippen molar-refractivity contribution in [3.05, 3.63) is 0 Å². The molecule has 2 heteroatoms. The molecule has 2 heterocycles. The second-order valence-corrected chi connectivity index (χ2v) is 3.85. The summed E-state index contributed by atoms with van der Waals surface area (Å²) in [4.78, 5) is 5.16. The fourth-order valence-electron chi connectivity index (χ4n) is 2.41. The summed E-state index contributed by atoms with van der Waals surface area (Å²) in [5.74, 6) is 0. The smallest absolute Gasteiger partial charge is 0.0619 e. The molecular weight excluding hydrogens is 208 g/mol. The maximum atomic E-state index is 2.65. The third-order valence-corrected chi connectivity index (χ3v) is 3.04. The van der Waals surface area contributed by atoms with Crippen LogP contribution >= 0.6 is 0 Å². The molecule has 2 rings (SSSR count). The maximum Gasteiger partial charge on any atom is 0.0619 e. The zero-order chi connectivity index (χ0) is 13.7. The molecule has 0 aromatic carbocycles. The summed E-state index contributed by atoms with van der Waals surface area (Å²) >= 11 is 0. The van der Waals surface area contributed by atoms with Gasteiger partial charge in [-0.1, -0.05) is 41.5 Å². The van der Waals surface area contributed by atoms with E-state index in [1.165, 1.54) is 45.3 Å². The largest absolute Gasteiger partial charge is 0.291 e. The van der Waals surface area contributed by atoms with E-state index in [4.69, 9.17) is 0 Å². The fraction of sp³-hybridized carbons (Fsp3) is 1.00. The van der Waals surface area contributed by atoms with E-state index in [0.717, 1.165) is 6.17 Å². The molecule has 2 aliphatic rings. The molecular formula is C15H36N2. The molecule has 1 unspecified atom stereocenters. The molecule has 0 amide bonds. The van der Waals surface area contributed by atoms with Gasteiger partial charge < -0.3 is 0 Å². The summed E-state index contributed by atoms with van der Waals surface area (Å²) in [5.41, 5.74) is 0. The second-order valence-electron chi connectivity index (χ2n) is 3.85. The van der Waals surface area contributed by atoms with Crippen molar-refractivity contribution in [1.82, 2.24) is 9.80 Å². The molecule has 0 aromatic heterocycles. The van der Waals surface area contributed by atoms with Crippen molar-refractivity contribution >= 4 is 0 Å². The first-order valence-corrected chi connectivity index (χ1v) is 7.82. The van der Waals surface area contributed by atoms with Crippen molar-refractivity contribution in [2.24, 2.45) is 0 Å². The van der Waals surface area contributed by atoms with Crippen molar-refractivity contribution in [2.75, 3.05) is 26.7 Å². The van der Waals surface area contributed by atoms with Crippen molar-refractivity contribution in [1.29, 1.82) is 0 Å². The first-order valence-electron chi connectivity index (χ1n) is 7.82. The highest BCUT2D eigenvalue weighted by atomic mass is 15.4. The minimum Gasteiger partial charge on any atom is -0.291 e. The highest BCUT2D eigenvalue weighted by molar-refractivity contribution is 4.80. The van der Waals surface area contributed by atoms with Crippen LogP contribution in [0.15, 0.2) is 0 Å². The Balaban J connectivity index is 0. The third-order valence-electron chi connectivity index (χ3n) is 3.04. The van der Waals surface area contributed by atoms with Gasteiger partial charge in [0.05, 0.1) is 6.17 Å². The van der Waals surface area contributed by atoms with Gasteiger partial charge >= 0.3 is 0 Å². The maximum absolute atomic E-state index is 2.65. The zero-order valence-electron chi connectivity index (χ0n) is 13.4. The summed E-state index contributed by atoms with van der Waals surface area (Å²) in [6.07, 6.45) is 6.41. The lowest BCUT2D eigenvalue weighted by molar-refractivity contribution is -0.00403. The van der Waals surface area contributed by atoms with Crippen LogP contribution in [0.4, 0.5) is 0 Å². The van der Waals surface area contributed by atoms with Gasteiger partial charge in [-0.2, -0.15) is 0 Å². The van der Waals surface area contributed by atoms with Gasteiger partial charge in [0.15, 0.2) is 0 Å². The van der Waals surface area contributed by atoms with Crippen molar-refractivity contribution < 1.29 is 0 Å². The van der Waals surface area contributed by atoms with Gasteiger partial charge in [-0.25, -0.2) is 0 Å². The first-order chi connectivity index (χ1) is 8.38. The van der Waals surface area contributed by atoms with Crippen LogP contribution in [0.25, 0.3) is 0 Å². The first kappa shape index (κ1) is 19.3. The summed E-state index contributed by atoms with van der Waals surface area (Å²) in [6.45, 7) is 16.0. The predicted molar refractivity (Wildman–Crippen MR) is 80.5 cm³/mol. The minimum absolute atomic E-state index is 0.789. The van der Waals surface area contributed by atoms with Crippen molar-refractivity contribution in [3.63, 3.8) is 0 Å². The van der Waals surface area contributed by atoms with Gasteiger partial charge in [-0.05, 0) is 39.3 Å². The van der Waals surface area contributed by atoms with Crippen LogP contribution in [0.3, 0.4) is 0 Å². The van der Waals surface area contributed by atoms with Crippen LogP contribution < -0.4 is 0 Å². The van der Waals surface area contributed by atoms with E-state index in [-0.39, 0.29) is 0 Å². The predicted octanol–water partition coefficient (Wildman–Crippen LogP) is 4.21. The standard InChI is InChI=1S/C9H18N2.3C2H6/c1-10-6-4-8-11-7-3-2-5-9(10)11;3*1-2/h9H,2-8H2,1H3;3*1-2H3. The molecule has 0 aromatic rings. The number of nitrogens with zero attached hydrogens (tertiary/aromatic N) is 2. The number of fused-ring (bicyclic) bond motifs is 1. The molecule has 2 saturated heterocycles. The number of piperidine rings is 1. The monoisotopic (exact) mass is 244 g/mol. The lowest BCUT2D eigenvalue weighted by Crippen LogP contribution is -2.53. The van der Waals surface area contributed by atoms with Crippen LogP contribution in [-0.2, 0) is 0 Å². The molecule has 0 saturated carbocycles. The van der Waals surface area contributed by atoms with Gasteiger partial charge in [-0.3, -0.25) is 9.80 Å². The zero-order valence-corrected chi connectivity index (χ0v) is 13.4. The molecule has 1 atom stereocenters. The molecule has 2 nitrogen and oxygen atoms in total. The molecule has 0 spiro atoms. The molecule has 0 bridgehead atoms. The Kier molecular flexibility index (Phi) is 15.8. The Bertz CT molecular complexity index is 135. The molecule has 2 fully saturated rings. The minimum atomic E-state index is 0.789. The summed E-state index contributed by atoms with van der Waals surface area (Å²) in [5, 5.41) is 0. The SMILES string of the molecule is CC.CC.CC.CN1CCCN2CCCCC12. The molecule has 2 aliphatic heterocycles. The van der Waals surface area contributed by atoms with Gasteiger partial charge in [0.2, 0.25) is 0 Å². The summed E-state index contributed by atoms with van der Waals surface area (Å²) < 4.78 is 0. The Morgan fingerprint density at radius 1 is 0.706 bits per heavy atom. The molecule has 0 N–H and O–H groups in total. The second kappa shape index (κ2) is 14.0. The van der Waals surface area contributed by atoms with E-state index in [1.54, 1.807) is 0 Å². The third kappa shape index (κ3) is 7.05. The van der Waals surface area contributed by atoms with Gasteiger partial charge in [0, 0.05) is 13.1 Å². The van der Waals surface area contributed by atoms with E-state index < -0.39 is 0 Å². The lowest BCUT2D eigenvalue weighted by Gasteiger charge is -2.44. The van der Waals surface area contributed by atoms with E-state index in [0.29, 0.717) is 0 Å². The number of hydrogen-bond donors (Lipinski definition) is 0. The van der Waals surface area contributed by atoms with E-state index in [9.17, 15) is 0 Å². The highest BCUT2D eigenvalue weighted by Gasteiger charge is 2.28. The van der Waals surface area contributed by atoms with Gasteiger partial charge in [0.1, 0.15) is 0 Å². The van der Waals surface area contributed by atoms with Crippen molar-refractivity contribution in [2.45, 2.75) is 73.4 Å². The molecule has 106 valence electrons. The topological polar surface area (TPSA) is 6.48 Å². The van der Waals surface area contributed by atoms with E-state index in [2.05, 4.69) is 16.8 Å². The van der Waals surface area contributed by atoms with Crippen LogP contribution in [0.2, 0.25) is 0 Å². The van der Waals surface area contributed by atoms with Crippen LogP contribution in [0.5, 0.6) is 0 Å². The van der Waals surface area contributed by atoms with Crippen LogP contribution in [0.1, 0.15) is 67.2 Å². The van der Waals surface area contributed by atoms with Crippen LogP contribution in [-0.4, -0.2) is 42.6 Å². The van der Waals surface area contributed by atoms with Gasteiger partial charge in [0.25, 0.3) is 0 Å². The summed E-state index contributed by atoms with van der Waals surface area (Å²) in [6, 6.07) is 0. The Morgan fingerprint density at radius 2 is 1.24 bits per heavy atom. The molecule has 0 radical (unpaired) electrons. The van der Waals surface area contributed by atoms with E-state index in [1.807, 2.05) is 41.5 Å². The quantitative estimate of drug-likeness (QED) is 0.630. The Hall–Kier alpha value is -0.0800. The number of rotatable bonds is 0. The average molecular weight is 244 g/mol. The highest BCUT2D eigenvalue weighted by Crippen LogP contribution is 2.22. The normalized spacial score (nSPS) is 23.8. The van der Waals surface area contributed by atoms with E-state index >= 15 is 0 Å². The van der Waals surface area contributed by atoms with Gasteiger partial charge in [-0.15, -0.1) is 0 Å². The Morgan fingerprint density at radius 3 is 1.76 bits per heavy atom. The van der Waals surface area contributed by atoms with Crippen molar-refractivity contribution in [3.8, 4) is 0 Å². The van der Waals surface area contributed by atoms with Crippen LogP contribution in [0, 0.1) is 0 Å². The Labute approximate surface area is 110 Å². The number of hydrogen-bond acceptors (Lipinski definition) is 2. The summed E-state index contributed by atoms with van der Waals surface area (Å²) in [7, 11) is 2.27. The molecule has 17 heavy (non-hydrogen) atoms.